The van der Waals surface area contributed by atoms with Crippen LogP contribution in [0.5, 0.6) is 0 Å². The lowest BCUT2D eigenvalue weighted by molar-refractivity contribution is -0.113. The van der Waals surface area contributed by atoms with E-state index in [1.54, 1.807) is 0 Å². The minimum absolute atomic E-state index is 0.162. The Kier molecular flexibility index (Phi) is 4.98. The number of nitrogens with zero attached hydrogens (tertiary/aromatic N) is 3. The highest BCUT2D eigenvalue weighted by atomic mass is 32.2. The molecule has 1 saturated carbocycles. The van der Waals surface area contributed by atoms with Crippen LogP contribution in [0.4, 0.5) is 5.00 Å². The topological polar surface area (TPSA) is 103 Å². The number of thiophene rings is 1. The van der Waals surface area contributed by atoms with E-state index in [0.29, 0.717) is 22.4 Å². The zero-order chi connectivity index (χ0) is 19.1. The van der Waals surface area contributed by atoms with Crippen LogP contribution in [0.2, 0.25) is 0 Å². The summed E-state index contributed by atoms with van der Waals surface area (Å²) in [6.07, 6.45) is 5.15. The highest BCUT2D eigenvalue weighted by Gasteiger charge is 2.30. The molecular weight excluding hydrogens is 382 g/mol. The van der Waals surface area contributed by atoms with Gasteiger partial charge in [-0.15, -0.1) is 21.5 Å². The molecule has 0 aliphatic heterocycles. The number of aromatic nitrogens is 3. The molecule has 4 rings (SSSR count). The van der Waals surface area contributed by atoms with E-state index in [0.717, 1.165) is 48.6 Å². The van der Waals surface area contributed by atoms with E-state index in [-0.39, 0.29) is 11.7 Å². The second-order valence-electron chi connectivity index (χ2n) is 7.43. The lowest BCUT2D eigenvalue weighted by Gasteiger charge is -2.18. The Hall–Kier alpha value is -1.87. The smallest absolute Gasteiger partial charge is 0.251 e. The van der Waals surface area contributed by atoms with Crippen molar-refractivity contribution in [1.82, 2.24) is 14.8 Å². The first-order chi connectivity index (χ1) is 12.9. The fraction of sp³-hybridized carbons (Fsp3) is 0.556. The summed E-state index contributed by atoms with van der Waals surface area (Å²) in [5.74, 6) is 1.69. The number of carbonyl (C=O) groups is 2. The maximum Gasteiger partial charge on any atom is 0.251 e. The van der Waals surface area contributed by atoms with Crippen LogP contribution >= 0.6 is 23.1 Å². The van der Waals surface area contributed by atoms with Gasteiger partial charge in [-0.3, -0.25) is 9.59 Å². The minimum Gasteiger partial charge on any atom is -0.365 e. The van der Waals surface area contributed by atoms with Crippen LogP contribution in [0, 0.1) is 5.92 Å². The molecule has 2 aliphatic carbocycles. The summed E-state index contributed by atoms with van der Waals surface area (Å²) in [7, 11) is 1.94. The van der Waals surface area contributed by atoms with Crippen LogP contribution in [0.15, 0.2) is 5.16 Å². The van der Waals surface area contributed by atoms with Gasteiger partial charge in [-0.05, 0) is 43.6 Å². The third-order valence-corrected chi connectivity index (χ3v) is 7.34. The van der Waals surface area contributed by atoms with Crippen molar-refractivity contribution >= 4 is 39.9 Å². The van der Waals surface area contributed by atoms with Gasteiger partial charge >= 0.3 is 0 Å². The Bertz CT molecular complexity index is 900. The fourth-order valence-electron chi connectivity index (χ4n) is 3.54. The zero-order valence-electron chi connectivity index (χ0n) is 15.4. The molecule has 0 aromatic carbocycles. The molecular formula is C18H23N5O2S2. The first-order valence-electron chi connectivity index (χ1n) is 9.20. The Morgan fingerprint density at radius 2 is 2.11 bits per heavy atom. The Labute approximate surface area is 166 Å². The predicted octanol–water partition coefficient (Wildman–Crippen LogP) is 2.71. The lowest BCUT2D eigenvalue weighted by Crippen LogP contribution is -2.20. The summed E-state index contributed by atoms with van der Waals surface area (Å²) in [5, 5.41) is 12.6. The molecule has 2 heterocycles. The maximum atomic E-state index is 12.5. The number of rotatable bonds is 6. The number of anilines is 1. The standard InChI is InChI=1S/C18H23N5O2S2/c1-9-3-6-11-12(7-9)27-17(14(11)15(19)25)20-13(24)8-26-18-22-21-16(23(18)2)10-4-5-10/h9-10H,3-8H2,1-2H3,(H2,19,25)(H,20,24)/t9-/m0/s1. The van der Waals surface area contributed by atoms with Gasteiger partial charge in [0.05, 0.1) is 11.3 Å². The Balaban J connectivity index is 1.44. The fourth-order valence-corrected chi connectivity index (χ4v) is 5.69. The monoisotopic (exact) mass is 405 g/mol. The van der Waals surface area contributed by atoms with Crippen LogP contribution in [0.3, 0.4) is 0 Å². The molecule has 2 aliphatic rings. The molecule has 27 heavy (non-hydrogen) atoms. The summed E-state index contributed by atoms with van der Waals surface area (Å²) >= 11 is 2.84. The van der Waals surface area contributed by atoms with Gasteiger partial charge in [0.25, 0.3) is 5.91 Å². The molecule has 2 aromatic rings. The number of hydrogen-bond donors (Lipinski definition) is 2. The second kappa shape index (κ2) is 7.27. The quantitative estimate of drug-likeness (QED) is 0.719. The molecule has 1 atom stereocenters. The van der Waals surface area contributed by atoms with Crippen molar-refractivity contribution in [2.45, 2.75) is 50.1 Å². The van der Waals surface area contributed by atoms with E-state index >= 15 is 0 Å². The van der Waals surface area contributed by atoms with Gasteiger partial charge in [-0.25, -0.2) is 0 Å². The first-order valence-corrected chi connectivity index (χ1v) is 11.0. The van der Waals surface area contributed by atoms with E-state index < -0.39 is 5.91 Å². The van der Waals surface area contributed by atoms with Crippen molar-refractivity contribution in [2.24, 2.45) is 18.7 Å². The molecule has 0 saturated heterocycles. The summed E-state index contributed by atoms with van der Waals surface area (Å²) in [4.78, 5) is 25.6. The average Bonchev–Trinajstić information content (AvgIpc) is 3.29. The van der Waals surface area contributed by atoms with Crippen LogP contribution in [-0.4, -0.2) is 32.3 Å². The first kappa shape index (κ1) is 18.5. The largest absolute Gasteiger partial charge is 0.365 e. The van der Waals surface area contributed by atoms with Crippen LogP contribution < -0.4 is 11.1 Å². The number of amides is 2. The summed E-state index contributed by atoms with van der Waals surface area (Å²) in [6, 6.07) is 0. The van der Waals surface area contributed by atoms with E-state index in [2.05, 4.69) is 22.4 Å². The van der Waals surface area contributed by atoms with Gasteiger partial charge in [0.15, 0.2) is 5.16 Å². The van der Waals surface area contributed by atoms with Crippen molar-refractivity contribution in [3.63, 3.8) is 0 Å². The third-order valence-electron chi connectivity index (χ3n) is 5.15. The number of nitrogens with two attached hydrogens (primary N) is 1. The normalized spacial score (nSPS) is 19.0. The van der Waals surface area contributed by atoms with Crippen LogP contribution in [0.1, 0.15) is 58.7 Å². The number of thioether (sulfide) groups is 1. The second-order valence-corrected chi connectivity index (χ2v) is 9.48. The van der Waals surface area contributed by atoms with Crippen molar-refractivity contribution in [2.75, 3.05) is 11.1 Å². The van der Waals surface area contributed by atoms with E-state index in [1.165, 1.54) is 28.0 Å². The number of hydrogen-bond acceptors (Lipinski definition) is 6. The van der Waals surface area contributed by atoms with Crippen molar-refractivity contribution in [1.29, 1.82) is 0 Å². The van der Waals surface area contributed by atoms with Gasteiger partial charge in [-0.2, -0.15) is 0 Å². The van der Waals surface area contributed by atoms with Crippen molar-refractivity contribution < 1.29 is 9.59 Å². The Morgan fingerprint density at radius 1 is 1.33 bits per heavy atom. The lowest BCUT2D eigenvalue weighted by atomic mass is 9.88. The highest BCUT2D eigenvalue weighted by Crippen LogP contribution is 2.40. The molecule has 2 amide bonds. The van der Waals surface area contributed by atoms with Crippen LogP contribution in [-0.2, 0) is 24.7 Å². The van der Waals surface area contributed by atoms with E-state index in [9.17, 15) is 9.59 Å². The number of nitrogens with one attached hydrogen (secondary N) is 1. The van der Waals surface area contributed by atoms with Crippen molar-refractivity contribution in [3.05, 3.63) is 21.8 Å². The minimum atomic E-state index is -0.465. The molecule has 7 nitrogen and oxygen atoms in total. The number of fused-ring (bicyclic) bond motifs is 1. The van der Waals surface area contributed by atoms with Gasteiger partial charge in [0, 0.05) is 17.8 Å². The molecule has 2 aromatic heterocycles. The predicted molar refractivity (Wildman–Crippen MR) is 106 cm³/mol. The average molecular weight is 406 g/mol. The Morgan fingerprint density at radius 3 is 2.81 bits per heavy atom. The van der Waals surface area contributed by atoms with E-state index in [1.807, 2.05) is 11.6 Å². The molecule has 0 radical (unpaired) electrons. The maximum absolute atomic E-state index is 12.5. The summed E-state index contributed by atoms with van der Waals surface area (Å²) < 4.78 is 1.97. The van der Waals surface area contributed by atoms with Crippen LogP contribution in [0.25, 0.3) is 0 Å². The molecule has 0 spiro atoms. The molecule has 0 bridgehead atoms. The molecule has 144 valence electrons. The molecule has 9 heteroatoms. The highest BCUT2D eigenvalue weighted by molar-refractivity contribution is 7.99. The molecule has 0 unspecified atom stereocenters. The number of carbonyl (C=O) groups excluding carboxylic acids is 2. The molecule has 1 fully saturated rings. The number of primary amides is 1. The van der Waals surface area contributed by atoms with Gasteiger partial charge in [0.1, 0.15) is 10.8 Å². The van der Waals surface area contributed by atoms with E-state index in [4.69, 9.17) is 5.73 Å². The summed E-state index contributed by atoms with van der Waals surface area (Å²) in [6.45, 7) is 2.21. The van der Waals surface area contributed by atoms with Gasteiger partial charge < -0.3 is 15.6 Å². The van der Waals surface area contributed by atoms with Gasteiger partial charge in [0.2, 0.25) is 5.91 Å². The molecule has 3 N–H and O–H groups in total. The SMILES string of the molecule is C[C@H]1CCc2c(sc(NC(=O)CSc3nnc(C4CC4)n3C)c2C(N)=O)C1. The zero-order valence-corrected chi connectivity index (χ0v) is 17.1. The summed E-state index contributed by atoms with van der Waals surface area (Å²) in [5.41, 5.74) is 7.12. The third kappa shape index (κ3) is 3.75. The van der Waals surface area contributed by atoms with Crippen molar-refractivity contribution in [3.8, 4) is 0 Å². The van der Waals surface area contributed by atoms with Gasteiger partial charge in [-0.1, -0.05) is 18.7 Å².